The second-order valence-corrected chi connectivity index (χ2v) is 3.20. The van der Waals surface area contributed by atoms with Crippen molar-refractivity contribution in [2.75, 3.05) is 13.7 Å². The van der Waals surface area contributed by atoms with E-state index in [9.17, 15) is 4.79 Å². The fraction of sp³-hybridized carbons (Fsp3) is 0.364. The van der Waals surface area contributed by atoms with Gasteiger partial charge in [0.15, 0.2) is 0 Å². The third-order valence-electron chi connectivity index (χ3n) is 2.21. The molecular formula is C11H15NO3. The van der Waals surface area contributed by atoms with Crippen molar-refractivity contribution >= 4 is 5.97 Å². The van der Waals surface area contributed by atoms with E-state index in [4.69, 9.17) is 10.8 Å². The standard InChI is InChI=1S/C11H15NO3/c1-15-11(14)9-5-3-2-4-8(9)10(12)6-7-13/h2-5,10,13H,6-7,12H2,1H3/t10-/m1/s1. The molecule has 4 heteroatoms. The Morgan fingerprint density at radius 2 is 2.20 bits per heavy atom. The molecule has 0 fully saturated rings. The van der Waals surface area contributed by atoms with Gasteiger partial charge >= 0.3 is 5.97 Å². The highest BCUT2D eigenvalue weighted by Gasteiger charge is 2.15. The number of aliphatic hydroxyl groups excluding tert-OH is 1. The lowest BCUT2D eigenvalue weighted by Crippen LogP contribution is -2.16. The molecule has 0 radical (unpaired) electrons. The molecule has 1 aromatic carbocycles. The van der Waals surface area contributed by atoms with Gasteiger partial charge < -0.3 is 15.6 Å². The van der Waals surface area contributed by atoms with Gasteiger partial charge in [0.05, 0.1) is 12.7 Å². The third kappa shape index (κ3) is 2.78. The van der Waals surface area contributed by atoms with Gasteiger partial charge in [0.25, 0.3) is 0 Å². The molecule has 4 nitrogen and oxygen atoms in total. The van der Waals surface area contributed by atoms with Gasteiger partial charge in [-0.25, -0.2) is 4.79 Å². The van der Waals surface area contributed by atoms with E-state index in [1.54, 1.807) is 24.3 Å². The number of rotatable bonds is 4. The van der Waals surface area contributed by atoms with Crippen LogP contribution in [0.4, 0.5) is 0 Å². The fourth-order valence-electron chi connectivity index (χ4n) is 1.41. The molecule has 82 valence electrons. The average Bonchev–Trinajstić information content (AvgIpc) is 2.28. The SMILES string of the molecule is COC(=O)c1ccccc1[C@H](N)CCO. The summed E-state index contributed by atoms with van der Waals surface area (Å²) in [5.74, 6) is -0.404. The van der Waals surface area contributed by atoms with Crippen LogP contribution in [0.15, 0.2) is 24.3 Å². The van der Waals surface area contributed by atoms with E-state index in [1.165, 1.54) is 7.11 Å². The van der Waals surface area contributed by atoms with Crippen molar-refractivity contribution in [2.24, 2.45) is 5.73 Å². The molecule has 0 aliphatic heterocycles. The van der Waals surface area contributed by atoms with Gasteiger partial charge in [0.2, 0.25) is 0 Å². The molecule has 0 spiro atoms. The van der Waals surface area contributed by atoms with Crippen molar-refractivity contribution in [3.05, 3.63) is 35.4 Å². The first-order valence-electron chi connectivity index (χ1n) is 4.74. The maximum Gasteiger partial charge on any atom is 0.338 e. The number of carbonyl (C=O) groups is 1. The lowest BCUT2D eigenvalue weighted by molar-refractivity contribution is 0.0598. The number of carbonyl (C=O) groups excluding carboxylic acids is 1. The van der Waals surface area contributed by atoms with Gasteiger partial charge in [-0.1, -0.05) is 18.2 Å². The van der Waals surface area contributed by atoms with Crippen LogP contribution in [0, 0.1) is 0 Å². The summed E-state index contributed by atoms with van der Waals surface area (Å²) in [7, 11) is 1.33. The summed E-state index contributed by atoms with van der Waals surface area (Å²) in [6.07, 6.45) is 0.425. The van der Waals surface area contributed by atoms with Crippen molar-refractivity contribution < 1.29 is 14.6 Å². The summed E-state index contributed by atoms with van der Waals surface area (Å²) >= 11 is 0. The highest BCUT2D eigenvalue weighted by Crippen LogP contribution is 2.19. The third-order valence-corrected chi connectivity index (χ3v) is 2.21. The minimum Gasteiger partial charge on any atom is -0.465 e. The van der Waals surface area contributed by atoms with Gasteiger partial charge in [-0.3, -0.25) is 0 Å². The molecule has 0 aliphatic rings. The number of benzene rings is 1. The Balaban J connectivity index is 3.00. The smallest absolute Gasteiger partial charge is 0.338 e. The molecule has 0 heterocycles. The zero-order valence-corrected chi connectivity index (χ0v) is 8.64. The van der Waals surface area contributed by atoms with E-state index in [2.05, 4.69) is 4.74 Å². The normalized spacial score (nSPS) is 12.2. The van der Waals surface area contributed by atoms with E-state index >= 15 is 0 Å². The molecule has 15 heavy (non-hydrogen) atoms. The van der Waals surface area contributed by atoms with E-state index in [-0.39, 0.29) is 12.6 Å². The van der Waals surface area contributed by atoms with Crippen LogP contribution < -0.4 is 5.73 Å². The first kappa shape index (κ1) is 11.7. The molecule has 3 N–H and O–H groups in total. The van der Waals surface area contributed by atoms with Crippen LogP contribution in [0.5, 0.6) is 0 Å². The van der Waals surface area contributed by atoms with Crippen molar-refractivity contribution in [3.8, 4) is 0 Å². The number of esters is 1. The van der Waals surface area contributed by atoms with Crippen molar-refractivity contribution in [2.45, 2.75) is 12.5 Å². The van der Waals surface area contributed by atoms with Gasteiger partial charge in [0, 0.05) is 12.6 Å². The molecule has 1 rings (SSSR count). The average molecular weight is 209 g/mol. The summed E-state index contributed by atoms with van der Waals surface area (Å²) in [4.78, 5) is 11.4. The number of methoxy groups -OCH3 is 1. The van der Waals surface area contributed by atoms with Crippen molar-refractivity contribution in [3.63, 3.8) is 0 Å². The summed E-state index contributed by atoms with van der Waals surface area (Å²) < 4.78 is 4.65. The molecular weight excluding hydrogens is 194 g/mol. The van der Waals surface area contributed by atoms with Gasteiger partial charge in [-0.15, -0.1) is 0 Å². The van der Waals surface area contributed by atoms with Crippen LogP contribution in [-0.2, 0) is 4.74 Å². The number of nitrogens with two attached hydrogens (primary N) is 1. The summed E-state index contributed by atoms with van der Waals surface area (Å²) in [6, 6.07) is 6.65. The van der Waals surface area contributed by atoms with Crippen LogP contribution in [0.2, 0.25) is 0 Å². The minimum atomic E-state index is -0.404. The largest absolute Gasteiger partial charge is 0.465 e. The number of aliphatic hydroxyl groups is 1. The lowest BCUT2D eigenvalue weighted by Gasteiger charge is -2.13. The highest BCUT2D eigenvalue weighted by molar-refractivity contribution is 5.91. The molecule has 0 amide bonds. The summed E-state index contributed by atoms with van der Waals surface area (Å²) in [5.41, 5.74) is 7.00. The first-order valence-corrected chi connectivity index (χ1v) is 4.74. The number of hydrogen-bond donors (Lipinski definition) is 2. The van der Waals surface area contributed by atoms with Gasteiger partial charge in [0.1, 0.15) is 0 Å². The Hall–Kier alpha value is -1.39. The maximum atomic E-state index is 11.4. The minimum absolute atomic E-state index is 0.00330. The lowest BCUT2D eigenvalue weighted by atomic mass is 9.99. The van der Waals surface area contributed by atoms with Crippen LogP contribution in [0.3, 0.4) is 0 Å². The van der Waals surface area contributed by atoms with Crippen molar-refractivity contribution in [1.82, 2.24) is 0 Å². The predicted octanol–water partition coefficient (Wildman–Crippen LogP) is 0.855. The monoisotopic (exact) mass is 209 g/mol. The first-order chi connectivity index (χ1) is 7.20. The highest BCUT2D eigenvalue weighted by atomic mass is 16.5. The molecule has 0 saturated carbocycles. The van der Waals surface area contributed by atoms with E-state index in [0.717, 1.165) is 0 Å². The Morgan fingerprint density at radius 1 is 1.53 bits per heavy atom. The summed E-state index contributed by atoms with van der Waals surface area (Å²) in [6.45, 7) is -0.00330. The zero-order chi connectivity index (χ0) is 11.3. The molecule has 0 aromatic heterocycles. The molecule has 0 unspecified atom stereocenters. The maximum absolute atomic E-state index is 11.4. The Morgan fingerprint density at radius 3 is 2.80 bits per heavy atom. The van der Waals surface area contributed by atoms with Gasteiger partial charge in [-0.05, 0) is 18.1 Å². The van der Waals surface area contributed by atoms with Gasteiger partial charge in [-0.2, -0.15) is 0 Å². The van der Waals surface area contributed by atoms with E-state index in [1.807, 2.05) is 0 Å². The molecule has 1 aromatic rings. The molecule has 0 aliphatic carbocycles. The molecule has 0 saturated heterocycles. The number of ether oxygens (including phenoxy) is 1. The van der Waals surface area contributed by atoms with Crippen LogP contribution in [0.25, 0.3) is 0 Å². The van der Waals surface area contributed by atoms with E-state index in [0.29, 0.717) is 17.5 Å². The summed E-state index contributed by atoms with van der Waals surface area (Å²) in [5, 5.41) is 8.79. The topological polar surface area (TPSA) is 72.5 Å². The number of hydrogen-bond acceptors (Lipinski definition) is 4. The Bertz CT molecular complexity index is 338. The second-order valence-electron chi connectivity index (χ2n) is 3.20. The quantitative estimate of drug-likeness (QED) is 0.721. The Kier molecular flexibility index (Phi) is 4.27. The second kappa shape index (κ2) is 5.48. The molecule has 1 atom stereocenters. The van der Waals surface area contributed by atoms with Crippen LogP contribution in [0.1, 0.15) is 28.4 Å². The van der Waals surface area contributed by atoms with Crippen LogP contribution >= 0.6 is 0 Å². The van der Waals surface area contributed by atoms with Crippen LogP contribution in [-0.4, -0.2) is 24.8 Å². The zero-order valence-electron chi connectivity index (χ0n) is 8.64. The van der Waals surface area contributed by atoms with Crippen molar-refractivity contribution in [1.29, 1.82) is 0 Å². The van der Waals surface area contributed by atoms with E-state index < -0.39 is 5.97 Å². The predicted molar refractivity (Wildman–Crippen MR) is 56.4 cm³/mol. The fourth-order valence-corrected chi connectivity index (χ4v) is 1.41. The molecule has 0 bridgehead atoms. The Labute approximate surface area is 88.7 Å².